The second-order valence-corrected chi connectivity index (χ2v) is 5.21. The molecule has 0 aromatic heterocycles. The van der Waals surface area contributed by atoms with Gasteiger partial charge in [-0.15, -0.1) is 0 Å². The fraction of sp³-hybridized carbons (Fsp3) is 0.273. The highest BCUT2D eigenvalue weighted by Gasteiger charge is 2.06. The number of hydrogen-bond donors (Lipinski definition) is 2. The molecule has 0 amide bonds. The SMILES string of the molecule is C=C(C)NCCc1ccc(S(N)(=O)=O)cc1. The van der Waals surface area contributed by atoms with Crippen molar-refractivity contribution in [3.63, 3.8) is 0 Å². The Hall–Kier alpha value is -1.33. The van der Waals surface area contributed by atoms with Crippen LogP contribution >= 0.6 is 0 Å². The highest BCUT2D eigenvalue weighted by molar-refractivity contribution is 7.89. The van der Waals surface area contributed by atoms with E-state index in [1.807, 2.05) is 6.92 Å². The van der Waals surface area contributed by atoms with Crippen LogP contribution in [0.25, 0.3) is 0 Å². The molecule has 0 fully saturated rings. The molecule has 3 N–H and O–H groups in total. The molecule has 1 aromatic rings. The summed E-state index contributed by atoms with van der Waals surface area (Å²) in [6.07, 6.45) is 0.817. The lowest BCUT2D eigenvalue weighted by Gasteiger charge is -2.05. The third-order valence-corrected chi connectivity index (χ3v) is 3.02. The first-order valence-corrected chi connectivity index (χ1v) is 6.45. The third-order valence-electron chi connectivity index (χ3n) is 2.09. The number of primary sulfonamides is 1. The summed E-state index contributed by atoms with van der Waals surface area (Å²) in [7, 11) is -3.58. The molecule has 0 spiro atoms. The van der Waals surface area contributed by atoms with Crippen LogP contribution in [0.2, 0.25) is 0 Å². The van der Waals surface area contributed by atoms with Crippen LogP contribution in [0, 0.1) is 0 Å². The van der Waals surface area contributed by atoms with Gasteiger partial charge in [-0.25, -0.2) is 13.6 Å². The smallest absolute Gasteiger partial charge is 0.238 e. The van der Waals surface area contributed by atoms with Crippen molar-refractivity contribution in [2.45, 2.75) is 18.2 Å². The molecule has 0 aliphatic rings. The van der Waals surface area contributed by atoms with Crippen LogP contribution in [-0.4, -0.2) is 15.0 Å². The average Bonchev–Trinajstić information content (AvgIpc) is 2.16. The van der Waals surface area contributed by atoms with Crippen LogP contribution in [0.5, 0.6) is 0 Å². The molecule has 0 saturated heterocycles. The number of rotatable bonds is 5. The molecule has 0 atom stereocenters. The summed E-state index contributed by atoms with van der Waals surface area (Å²) < 4.78 is 22.0. The number of sulfonamides is 1. The largest absolute Gasteiger partial charge is 0.389 e. The molecule has 1 aromatic carbocycles. The molecular weight excluding hydrogens is 224 g/mol. The zero-order valence-corrected chi connectivity index (χ0v) is 10.0. The van der Waals surface area contributed by atoms with Gasteiger partial charge in [0.1, 0.15) is 0 Å². The van der Waals surface area contributed by atoms with E-state index < -0.39 is 10.0 Å². The lowest BCUT2D eigenvalue weighted by Crippen LogP contribution is -2.14. The van der Waals surface area contributed by atoms with Gasteiger partial charge in [-0.1, -0.05) is 18.7 Å². The number of hydrogen-bond acceptors (Lipinski definition) is 3. The lowest BCUT2D eigenvalue weighted by molar-refractivity contribution is 0.598. The lowest BCUT2D eigenvalue weighted by atomic mass is 10.1. The molecule has 0 radical (unpaired) electrons. The molecule has 0 aliphatic carbocycles. The number of allylic oxidation sites excluding steroid dienone is 1. The van der Waals surface area contributed by atoms with Crippen LogP contribution in [0.1, 0.15) is 12.5 Å². The van der Waals surface area contributed by atoms with Gasteiger partial charge >= 0.3 is 0 Å². The maximum absolute atomic E-state index is 11.0. The highest BCUT2D eigenvalue weighted by Crippen LogP contribution is 2.08. The monoisotopic (exact) mass is 240 g/mol. The molecule has 4 nitrogen and oxygen atoms in total. The number of benzene rings is 1. The van der Waals surface area contributed by atoms with Crippen molar-refractivity contribution < 1.29 is 8.42 Å². The van der Waals surface area contributed by atoms with Crippen LogP contribution in [0.4, 0.5) is 0 Å². The Labute approximate surface area is 96.2 Å². The first-order chi connectivity index (χ1) is 7.39. The van der Waals surface area contributed by atoms with E-state index in [2.05, 4.69) is 11.9 Å². The van der Waals surface area contributed by atoms with Gasteiger partial charge in [0.05, 0.1) is 4.90 Å². The molecular formula is C11H16N2O2S. The Morgan fingerprint density at radius 3 is 2.38 bits per heavy atom. The van der Waals surface area contributed by atoms with E-state index in [0.717, 1.165) is 24.2 Å². The van der Waals surface area contributed by atoms with E-state index in [-0.39, 0.29) is 4.90 Å². The van der Waals surface area contributed by atoms with E-state index in [0.29, 0.717) is 0 Å². The van der Waals surface area contributed by atoms with Gasteiger partial charge in [-0.3, -0.25) is 0 Å². The molecule has 0 bridgehead atoms. The molecule has 16 heavy (non-hydrogen) atoms. The van der Waals surface area contributed by atoms with Gasteiger partial charge in [0, 0.05) is 12.2 Å². The van der Waals surface area contributed by atoms with Gasteiger partial charge in [0.15, 0.2) is 0 Å². The van der Waals surface area contributed by atoms with Crippen molar-refractivity contribution in [3.05, 3.63) is 42.1 Å². The minimum atomic E-state index is -3.58. The molecule has 0 aliphatic heterocycles. The fourth-order valence-electron chi connectivity index (χ4n) is 1.27. The predicted molar refractivity (Wildman–Crippen MR) is 64.3 cm³/mol. The first-order valence-electron chi connectivity index (χ1n) is 4.91. The summed E-state index contributed by atoms with van der Waals surface area (Å²) in [6.45, 7) is 6.40. The highest BCUT2D eigenvalue weighted by atomic mass is 32.2. The van der Waals surface area contributed by atoms with Gasteiger partial charge < -0.3 is 5.32 Å². The molecule has 0 heterocycles. The van der Waals surface area contributed by atoms with E-state index in [1.165, 1.54) is 12.1 Å². The Morgan fingerprint density at radius 2 is 1.94 bits per heavy atom. The summed E-state index contributed by atoms with van der Waals surface area (Å²) in [5.41, 5.74) is 1.97. The van der Waals surface area contributed by atoms with Gasteiger partial charge in [-0.2, -0.15) is 0 Å². The summed E-state index contributed by atoms with van der Waals surface area (Å²) >= 11 is 0. The Bertz CT molecular complexity index is 463. The maximum Gasteiger partial charge on any atom is 0.238 e. The zero-order chi connectivity index (χ0) is 12.2. The van der Waals surface area contributed by atoms with E-state index in [9.17, 15) is 8.42 Å². The summed E-state index contributed by atoms with van der Waals surface area (Å²) in [6, 6.07) is 6.57. The van der Waals surface area contributed by atoms with Crippen LogP contribution in [-0.2, 0) is 16.4 Å². The van der Waals surface area contributed by atoms with Crippen molar-refractivity contribution >= 4 is 10.0 Å². The van der Waals surface area contributed by atoms with E-state index in [4.69, 9.17) is 5.14 Å². The van der Waals surface area contributed by atoms with Crippen molar-refractivity contribution in [1.29, 1.82) is 0 Å². The van der Waals surface area contributed by atoms with Gasteiger partial charge in [0.2, 0.25) is 10.0 Å². The standard InChI is InChI=1S/C11H16N2O2S/c1-9(2)13-8-7-10-3-5-11(6-4-10)16(12,14)15/h3-6,13H,1,7-8H2,2H3,(H2,12,14,15). The second kappa shape index (κ2) is 5.14. The maximum atomic E-state index is 11.0. The predicted octanol–water partition coefficient (Wildman–Crippen LogP) is 1.000. The molecule has 0 saturated carbocycles. The Kier molecular flexibility index (Phi) is 4.09. The number of nitrogens with two attached hydrogens (primary N) is 1. The van der Waals surface area contributed by atoms with Crippen LogP contribution in [0.15, 0.2) is 41.4 Å². The van der Waals surface area contributed by atoms with Crippen LogP contribution < -0.4 is 10.5 Å². The van der Waals surface area contributed by atoms with Crippen molar-refractivity contribution in [3.8, 4) is 0 Å². The molecule has 1 rings (SSSR count). The van der Waals surface area contributed by atoms with Gasteiger partial charge in [-0.05, 0) is 31.0 Å². The average molecular weight is 240 g/mol. The summed E-state index contributed by atoms with van der Waals surface area (Å²) in [4.78, 5) is 0.143. The zero-order valence-electron chi connectivity index (χ0n) is 9.23. The molecule has 5 heteroatoms. The van der Waals surface area contributed by atoms with Crippen molar-refractivity contribution in [2.24, 2.45) is 5.14 Å². The quantitative estimate of drug-likeness (QED) is 0.806. The van der Waals surface area contributed by atoms with Gasteiger partial charge in [0.25, 0.3) is 0 Å². The van der Waals surface area contributed by atoms with Crippen molar-refractivity contribution in [2.75, 3.05) is 6.54 Å². The minimum absolute atomic E-state index is 0.143. The van der Waals surface area contributed by atoms with Crippen molar-refractivity contribution in [1.82, 2.24) is 5.32 Å². The summed E-state index contributed by atoms with van der Waals surface area (Å²) in [5.74, 6) is 0. The van der Waals surface area contributed by atoms with E-state index >= 15 is 0 Å². The second-order valence-electron chi connectivity index (χ2n) is 3.65. The first kappa shape index (κ1) is 12.7. The molecule has 0 unspecified atom stereocenters. The third kappa shape index (κ3) is 4.04. The Morgan fingerprint density at radius 1 is 1.38 bits per heavy atom. The Balaban J connectivity index is 2.62. The minimum Gasteiger partial charge on any atom is -0.389 e. The number of nitrogens with one attached hydrogen (secondary N) is 1. The topological polar surface area (TPSA) is 72.2 Å². The van der Waals surface area contributed by atoms with E-state index in [1.54, 1.807) is 12.1 Å². The fourth-order valence-corrected chi connectivity index (χ4v) is 1.78. The van der Waals surface area contributed by atoms with Crippen LogP contribution in [0.3, 0.4) is 0 Å². The molecule has 88 valence electrons. The normalized spacial score (nSPS) is 11.1. The summed E-state index contributed by atoms with van der Waals surface area (Å²) in [5, 5.41) is 8.10.